The van der Waals surface area contributed by atoms with Crippen LogP contribution in [0.3, 0.4) is 0 Å². The highest BCUT2D eigenvalue weighted by molar-refractivity contribution is 5.74. The number of amides is 2. The van der Waals surface area contributed by atoms with Crippen molar-refractivity contribution in [1.82, 2.24) is 10.2 Å². The van der Waals surface area contributed by atoms with E-state index >= 15 is 0 Å². The SMILES string of the molecule is C=CCNC(=O)N1CCC(c2ccc3c(c2)OCO3)C1. The Morgan fingerprint density at radius 3 is 3.15 bits per heavy atom. The number of hydrogen-bond donors (Lipinski definition) is 1. The maximum atomic E-state index is 11.9. The fourth-order valence-electron chi connectivity index (χ4n) is 2.66. The molecule has 3 rings (SSSR count). The van der Waals surface area contributed by atoms with Crippen molar-refractivity contribution < 1.29 is 14.3 Å². The molecule has 1 atom stereocenters. The van der Waals surface area contributed by atoms with Crippen molar-refractivity contribution >= 4 is 6.03 Å². The molecule has 0 aliphatic carbocycles. The lowest BCUT2D eigenvalue weighted by molar-refractivity contribution is 0.174. The number of fused-ring (bicyclic) bond motifs is 1. The first-order chi connectivity index (χ1) is 9.78. The first-order valence-electron chi connectivity index (χ1n) is 6.81. The third-order valence-electron chi connectivity index (χ3n) is 3.74. The number of carbonyl (C=O) groups is 1. The topological polar surface area (TPSA) is 50.8 Å². The zero-order valence-electron chi connectivity index (χ0n) is 11.3. The molecule has 1 aromatic rings. The van der Waals surface area contributed by atoms with Gasteiger partial charge >= 0.3 is 6.03 Å². The number of nitrogens with one attached hydrogen (secondary N) is 1. The van der Waals surface area contributed by atoms with Gasteiger partial charge in [-0.2, -0.15) is 0 Å². The minimum Gasteiger partial charge on any atom is -0.454 e. The summed E-state index contributed by atoms with van der Waals surface area (Å²) in [4.78, 5) is 13.7. The van der Waals surface area contributed by atoms with Gasteiger partial charge in [0.1, 0.15) is 0 Å². The maximum absolute atomic E-state index is 11.9. The normalized spacial score (nSPS) is 20.0. The molecule has 0 bridgehead atoms. The molecule has 1 N–H and O–H groups in total. The van der Waals surface area contributed by atoms with Crippen molar-refractivity contribution in [2.24, 2.45) is 0 Å². The second kappa shape index (κ2) is 5.45. The van der Waals surface area contributed by atoms with Crippen molar-refractivity contribution in [2.75, 3.05) is 26.4 Å². The minimum atomic E-state index is -0.0202. The minimum absolute atomic E-state index is 0.0202. The molecule has 0 aromatic heterocycles. The van der Waals surface area contributed by atoms with Crippen LogP contribution in [0.2, 0.25) is 0 Å². The van der Waals surface area contributed by atoms with Crippen LogP contribution in [0.5, 0.6) is 11.5 Å². The molecule has 5 heteroatoms. The van der Waals surface area contributed by atoms with Crippen molar-refractivity contribution in [3.05, 3.63) is 36.4 Å². The lowest BCUT2D eigenvalue weighted by Gasteiger charge is -2.17. The van der Waals surface area contributed by atoms with Crippen LogP contribution in [0.25, 0.3) is 0 Å². The van der Waals surface area contributed by atoms with E-state index < -0.39 is 0 Å². The molecule has 1 aromatic carbocycles. The van der Waals surface area contributed by atoms with Crippen LogP contribution in [-0.4, -0.2) is 37.4 Å². The lowest BCUT2D eigenvalue weighted by atomic mass is 9.98. The van der Waals surface area contributed by atoms with E-state index in [1.807, 2.05) is 17.0 Å². The Morgan fingerprint density at radius 2 is 2.30 bits per heavy atom. The molecular formula is C15H18N2O3. The van der Waals surface area contributed by atoms with Crippen LogP contribution in [0.15, 0.2) is 30.9 Å². The van der Waals surface area contributed by atoms with E-state index in [-0.39, 0.29) is 6.03 Å². The van der Waals surface area contributed by atoms with Crippen LogP contribution < -0.4 is 14.8 Å². The Hall–Kier alpha value is -2.17. The van der Waals surface area contributed by atoms with Gasteiger partial charge in [0, 0.05) is 25.6 Å². The third-order valence-corrected chi connectivity index (χ3v) is 3.74. The third kappa shape index (κ3) is 2.43. The van der Waals surface area contributed by atoms with E-state index in [0.717, 1.165) is 31.0 Å². The Bertz CT molecular complexity index is 530. The van der Waals surface area contributed by atoms with Gasteiger partial charge in [0.2, 0.25) is 6.79 Å². The molecule has 2 heterocycles. The number of rotatable bonds is 3. The highest BCUT2D eigenvalue weighted by Crippen LogP contribution is 2.36. The van der Waals surface area contributed by atoms with Gasteiger partial charge in [-0.1, -0.05) is 12.1 Å². The van der Waals surface area contributed by atoms with Gasteiger partial charge in [0.05, 0.1) is 0 Å². The molecule has 2 aliphatic rings. The van der Waals surface area contributed by atoms with E-state index in [4.69, 9.17) is 9.47 Å². The summed E-state index contributed by atoms with van der Waals surface area (Å²) in [5, 5.41) is 2.81. The van der Waals surface area contributed by atoms with Crippen LogP contribution in [0.4, 0.5) is 4.79 Å². The fourth-order valence-corrected chi connectivity index (χ4v) is 2.66. The Balaban J connectivity index is 1.65. The number of likely N-dealkylation sites (tertiary alicyclic amines) is 1. The number of carbonyl (C=O) groups excluding carboxylic acids is 1. The van der Waals surface area contributed by atoms with Gasteiger partial charge in [0.15, 0.2) is 11.5 Å². The van der Waals surface area contributed by atoms with Gasteiger partial charge in [-0.15, -0.1) is 6.58 Å². The summed E-state index contributed by atoms with van der Waals surface area (Å²) in [7, 11) is 0. The van der Waals surface area contributed by atoms with Crippen molar-refractivity contribution in [3.8, 4) is 11.5 Å². The molecule has 1 unspecified atom stereocenters. The summed E-state index contributed by atoms with van der Waals surface area (Å²) in [5.41, 5.74) is 1.20. The molecule has 0 spiro atoms. The maximum Gasteiger partial charge on any atom is 0.317 e. The van der Waals surface area contributed by atoms with Gasteiger partial charge < -0.3 is 19.7 Å². The van der Waals surface area contributed by atoms with E-state index in [0.29, 0.717) is 19.3 Å². The number of ether oxygens (including phenoxy) is 2. The predicted molar refractivity (Wildman–Crippen MR) is 75.1 cm³/mol. The smallest absolute Gasteiger partial charge is 0.317 e. The fraction of sp³-hybridized carbons (Fsp3) is 0.400. The van der Waals surface area contributed by atoms with Gasteiger partial charge in [0.25, 0.3) is 0 Å². The van der Waals surface area contributed by atoms with Crippen LogP contribution in [-0.2, 0) is 0 Å². The largest absolute Gasteiger partial charge is 0.454 e. The monoisotopic (exact) mass is 274 g/mol. The predicted octanol–water partition coefficient (Wildman–Crippen LogP) is 2.10. The second-order valence-corrected chi connectivity index (χ2v) is 5.02. The first kappa shape index (κ1) is 12.8. The number of urea groups is 1. The van der Waals surface area contributed by atoms with Gasteiger partial charge in [-0.25, -0.2) is 4.79 Å². The van der Waals surface area contributed by atoms with Crippen molar-refractivity contribution in [1.29, 1.82) is 0 Å². The number of benzene rings is 1. The van der Waals surface area contributed by atoms with E-state index in [2.05, 4.69) is 18.0 Å². The van der Waals surface area contributed by atoms with E-state index in [1.54, 1.807) is 6.08 Å². The molecule has 0 saturated carbocycles. The average Bonchev–Trinajstić information content (AvgIpc) is 3.12. The molecule has 5 nitrogen and oxygen atoms in total. The highest BCUT2D eigenvalue weighted by atomic mass is 16.7. The van der Waals surface area contributed by atoms with Crippen LogP contribution in [0.1, 0.15) is 17.9 Å². The Morgan fingerprint density at radius 1 is 1.45 bits per heavy atom. The summed E-state index contributed by atoms with van der Waals surface area (Å²) in [6.45, 7) is 5.91. The Kier molecular flexibility index (Phi) is 3.50. The zero-order chi connectivity index (χ0) is 13.9. The van der Waals surface area contributed by atoms with Crippen molar-refractivity contribution in [2.45, 2.75) is 12.3 Å². The molecule has 20 heavy (non-hydrogen) atoms. The van der Waals surface area contributed by atoms with Gasteiger partial charge in [-0.05, 0) is 24.1 Å². The quantitative estimate of drug-likeness (QED) is 0.859. The molecule has 0 radical (unpaired) electrons. The van der Waals surface area contributed by atoms with Crippen molar-refractivity contribution in [3.63, 3.8) is 0 Å². The zero-order valence-corrected chi connectivity index (χ0v) is 11.3. The average molecular weight is 274 g/mol. The van der Waals surface area contributed by atoms with Crippen LogP contribution in [0, 0.1) is 0 Å². The lowest BCUT2D eigenvalue weighted by Crippen LogP contribution is -2.38. The summed E-state index contributed by atoms with van der Waals surface area (Å²) in [6, 6.07) is 6.01. The van der Waals surface area contributed by atoms with Gasteiger partial charge in [-0.3, -0.25) is 0 Å². The van der Waals surface area contributed by atoms with E-state index in [9.17, 15) is 4.79 Å². The molecule has 2 amide bonds. The molecule has 1 saturated heterocycles. The first-order valence-corrected chi connectivity index (χ1v) is 6.81. The molecular weight excluding hydrogens is 256 g/mol. The number of nitrogens with zero attached hydrogens (tertiary/aromatic N) is 1. The number of hydrogen-bond acceptors (Lipinski definition) is 3. The summed E-state index contributed by atoms with van der Waals surface area (Å²) in [6.07, 6.45) is 2.66. The standard InChI is InChI=1S/C15H18N2O3/c1-2-6-16-15(18)17-7-5-12(9-17)11-3-4-13-14(8-11)20-10-19-13/h2-4,8,12H,1,5-7,9-10H2,(H,16,18). The molecule has 106 valence electrons. The second-order valence-electron chi connectivity index (χ2n) is 5.02. The van der Waals surface area contributed by atoms with Crippen LogP contribution >= 0.6 is 0 Å². The summed E-state index contributed by atoms with van der Waals surface area (Å²) < 4.78 is 10.7. The highest BCUT2D eigenvalue weighted by Gasteiger charge is 2.28. The molecule has 1 fully saturated rings. The Labute approximate surface area is 118 Å². The van der Waals surface area contributed by atoms with E-state index in [1.165, 1.54) is 5.56 Å². The summed E-state index contributed by atoms with van der Waals surface area (Å²) in [5.74, 6) is 1.96. The summed E-state index contributed by atoms with van der Waals surface area (Å²) >= 11 is 0. The molecule has 2 aliphatic heterocycles.